The van der Waals surface area contributed by atoms with Gasteiger partial charge in [-0.1, -0.05) is 12.7 Å². The first kappa shape index (κ1) is 5.34. The quantitative estimate of drug-likeness (QED) is 0.429. The average molecular weight is 89.1 g/mol. The second kappa shape index (κ2) is 2.57. The Balaban J connectivity index is 3.41. The van der Waals surface area contributed by atoms with E-state index in [2.05, 4.69) is 6.58 Å². The van der Waals surface area contributed by atoms with E-state index < -0.39 is 6.08 Å². The highest BCUT2D eigenvalue weighted by Gasteiger charge is 1.76. The van der Waals surface area contributed by atoms with Crippen molar-refractivity contribution < 1.29 is 8.78 Å². The number of halogens is 2. The van der Waals surface area contributed by atoms with Crippen molar-refractivity contribution in [3.8, 4) is 0 Å². The third-order valence-corrected chi connectivity index (χ3v) is 0.222. The van der Waals surface area contributed by atoms with E-state index in [1.54, 1.807) is 0 Å². The monoisotopic (exact) mass is 89.0 g/mol. The molecule has 0 aliphatic heterocycles. The Morgan fingerprint density at radius 2 is 2.00 bits per heavy atom. The van der Waals surface area contributed by atoms with Crippen LogP contribution in [0, 0.1) is 6.58 Å². The molecule has 33 valence electrons. The topological polar surface area (TPSA) is 0 Å². The van der Waals surface area contributed by atoms with E-state index in [1.807, 2.05) is 0 Å². The first-order valence-electron chi connectivity index (χ1n) is 1.33. The van der Waals surface area contributed by atoms with Crippen LogP contribution in [0.25, 0.3) is 0 Å². The molecule has 0 aliphatic rings. The van der Waals surface area contributed by atoms with Crippen molar-refractivity contribution in [2.45, 2.75) is 0 Å². The zero-order valence-electron chi connectivity index (χ0n) is 2.99. The SMILES string of the molecule is [CH]=CC=C(F)F. The second-order valence-corrected chi connectivity index (χ2v) is 0.649. The molecule has 0 saturated heterocycles. The normalized spacial score (nSPS) is 7.00. The number of allylic oxidation sites excluding steroid dienone is 2. The van der Waals surface area contributed by atoms with Crippen LogP contribution in [0.2, 0.25) is 0 Å². The Morgan fingerprint density at radius 1 is 1.50 bits per heavy atom. The van der Waals surface area contributed by atoms with Gasteiger partial charge in [-0.2, -0.15) is 8.78 Å². The maximum atomic E-state index is 10.8. The van der Waals surface area contributed by atoms with E-state index in [9.17, 15) is 8.78 Å². The zero-order valence-corrected chi connectivity index (χ0v) is 2.99. The molecule has 0 aromatic heterocycles. The maximum absolute atomic E-state index is 10.8. The van der Waals surface area contributed by atoms with Gasteiger partial charge in [-0.15, -0.1) is 0 Å². The van der Waals surface area contributed by atoms with Crippen LogP contribution in [0.1, 0.15) is 0 Å². The average Bonchev–Trinajstić information content (AvgIpc) is 1.35. The molecule has 6 heavy (non-hydrogen) atoms. The molecule has 0 amide bonds. The molecule has 1 radical (unpaired) electrons. The van der Waals surface area contributed by atoms with Crippen molar-refractivity contribution in [3.63, 3.8) is 0 Å². The van der Waals surface area contributed by atoms with E-state index in [0.29, 0.717) is 6.08 Å². The van der Waals surface area contributed by atoms with Crippen LogP contribution in [-0.4, -0.2) is 0 Å². The lowest BCUT2D eigenvalue weighted by Gasteiger charge is -1.65. The third-order valence-electron chi connectivity index (χ3n) is 0.222. The Labute approximate surface area is 34.8 Å². The molecule has 0 saturated carbocycles. The summed E-state index contributed by atoms with van der Waals surface area (Å²) >= 11 is 0. The van der Waals surface area contributed by atoms with Gasteiger partial charge in [-0.25, -0.2) is 0 Å². The van der Waals surface area contributed by atoms with E-state index in [4.69, 9.17) is 0 Å². The molecule has 0 aromatic rings. The van der Waals surface area contributed by atoms with Gasteiger partial charge >= 0.3 is 0 Å². The lowest BCUT2D eigenvalue weighted by Crippen LogP contribution is -1.47. The first-order chi connectivity index (χ1) is 2.77. The summed E-state index contributed by atoms with van der Waals surface area (Å²) in [6, 6.07) is 0. The fourth-order valence-corrected chi connectivity index (χ4v) is 0.0727. The van der Waals surface area contributed by atoms with Crippen LogP contribution < -0.4 is 0 Å². The standard InChI is InChI=1S/C4H3F2/c1-2-3-4(5)6/h1-3H. The summed E-state index contributed by atoms with van der Waals surface area (Å²) in [5.41, 5.74) is 0. The molecule has 2 heteroatoms. The molecule has 0 bridgehead atoms. The fourth-order valence-electron chi connectivity index (χ4n) is 0.0727. The number of hydrogen-bond acceptors (Lipinski definition) is 0. The molecule has 0 aliphatic carbocycles. The van der Waals surface area contributed by atoms with E-state index in [-0.39, 0.29) is 0 Å². The van der Waals surface area contributed by atoms with Crippen LogP contribution in [0.3, 0.4) is 0 Å². The van der Waals surface area contributed by atoms with Crippen molar-refractivity contribution in [1.29, 1.82) is 0 Å². The smallest absolute Gasteiger partial charge is 0.173 e. The summed E-state index contributed by atoms with van der Waals surface area (Å²) in [5.74, 6) is 0. The minimum atomic E-state index is -1.77. The Kier molecular flexibility index (Phi) is 2.29. The van der Waals surface area contributed by atoms with Crippen molar-refractivity contribution in [2.75, 3.05) is 0 Å². The van der Waals surface area contributed by atoms with Crippen LogP contribution in [0.15, 0.2) is 18.2 Å². The highest BCUT2D eigenvalue weighted by molar-refractivity contribution is 4.95. The molecule has 0 N–H and O–H groups in total. The largest absolute Gasteiger partial charge is 0.270 e. The molecular formula is C4H3F2. The van der Waals surface area contributed by atoms with Crippen LogP contribution in [0.5, 0.6) is 0 Å². The molecule has 0 spiro atoms. The molecular weight excluding hydrogens is 86.0 g/mol. The Hall–Kier alpha value is -0.660. The second-order valence-electron chi connectivity index (χ2n) is 0.649. The van der Waals surface area contributed by atoms with Gasteiger partial charge in [0, 0.05) is 6.08 Å². The summed E-state index contributed by atoms with van der Waals surface area (Å²) < 4.78 is 21.6. The zero-order chi connectivity index (χ0) is 4.99. The van der Waals surface area contributed by atoms with Crippen molar-refractivity contribution in [2.24, 2.45) is 0 Å². The van der Waals surface area contributed by atoms with Crippen molar-refractivity contribution in [1.82, 2.24) is 0 Å². The molecule has 0 heterocycles. The van der Waals surface area contributed by atoms with Gasteiger partial charge in [-0.05, 0) is 0 Å². The first-order valence-corrected chi connectivity index (χ1v) is 1.33. The molecule has 0 nitrogen and oxygen atoms in total. The van der Waals surface area contributed by atoms with E-state index >= 15 is 0 Å². The third kappa shape index (κ3) is 3.34. The van der Waals surface area contributed by atoms with E-state index in [1.165, 1.54) is 0 Å². The summed E-state index contributed by atoms with van der Waals surface area (Å²) in [7, 11) is 0. The van der Waals surface area contributed by atoms with Gasteiger partial charge in [0.25, 0.3) is 6.08 Å². The predicted octanol–water partition coefficient (Wildman–Crippen LogP) is 1.76. The van der Waals surface area contributed by atoms with Gasteiger partial charge in [0.2, 0.25) is 0 Å². The van der Waals surface area contributed by atoms with Crippen molar-refractivity contribution >= 4 is 0 Å². The van der Waals surface area contributed by atoms with Crippen molar-refractivity contribution in [3.05, 3.63) is 24.8 Å². The fraction of sp³-hybridized carbons (Fsp3) is 0. The predicted molar refractivity (Wildman–Crippen MR) is 19.2 cm³/mol. The molecule has 0 unspecified atom stereocenters. The summed E-state index contributed by atoms with van der Waals surface area (Å²) in [5, 5.41) is 0. The highest BCUT2D eigenvalue weighted by Crippen LogP contribution is 1.93. The minimum absolute atomic E-state index is 0.528. The molecule has 0 fully saturated rings. The molecule has 0 aromatic carbocycles. The van der Waals surface area contributed by atoms with E-state index in [0.717, 1.165) is 6.08 Å². The van der Waals surface area contributed by atoms with Crippen LogP contribution >= 0.6 is 0 Å². The number of rotatable bonds is 1. The van der Waals surface area contributed by atoms with Crippen LogP contribution in [0.4, 0.5) is 8.78 Å². The van der Waals surface area contributed by atoms with Gasteiger partial charge < -0.3 is 0 Å². The van der Waals surface area contributed by atoms with Gasteiger partial charge in [-0.3, -0.25) is 0 Å². The number of hydrogen-bond donors (Lipinski definition) is 0. The minimum Gasteiger partial charge on any atom is -0.173 e. The summed E-state index contributed by atoms with van der Waals surface area (Å²) in [6.07, 6.45) is -0.451. The molecule has 0 rings (SSSR count). The maximum Gasteiger partial charge on any atom is 0.270 e. The van der Waals surface area contributed by atoms with Crippen LogP contribution in [-0.2, 0) is 0 Å². The molecule has 0 atom stereocenters. The lowest BCUT2D eigenvalue weighted by atomic mass is 10.6. The Morgan fingerprint density at radius 3 is 2.00 bits per heavy atom. The van der Waals surface area contributed by atoms with Gasteiger partial charge in [0.15, 0.2) is 0 Å². The van der Waals surface area contributed by atoms with Gasteiger partial charge in [0.1, 0.15) is 0 Å². The lowest BCUT2D eigenvalue weighted by molar-refractivity contribution is 0.422. The summed E-state index contributed by atoms with van der Waals surface area (Å²) in [4.78, 5) is 0. The Bertz CT molecular complexity index is 69.6. The highest BCUT2D eigenvalue weighted by atomic mass is 19.3. The summed E-state index contributed by atoms with van der Waals surface area (Å²) in [6.45, 7) is 4.55. The van der Waals surface area contributed by atoms with Gasteiger partial charge in [0.05, 0.1) is 0 Å².